The van der Waals surface area contributed by atoms with Gasteiger partial charge in [0.2, 0.25) is 0 Å². The first kappa shape index (κ1) is 15.3. The first-order chi connectivity index (χ1) is 10.5. The maximum atomic E-state index is 10.1. The third kappa shape index (κ3) is 2.47. The molecule has 22 heavy (non-hydrogen) atoms. The number of fused-ring (bicyclic) bond motifs is 1. The number of aliphatic hydroxyl groups is 1. The number of nitrogens with zero attached hydrogens (tertiary/aromatic N) is 3. The van der Waals surface area contributed by atoms with Crippen molar-refractivity contribution in [3.63, 3.8) is 0 Å². The summed E-state index contributed by atoms with van der Waals surface area (Å²) < 4.78 is 1.87. The highest BCUT2D eigenvalue weighted by Gasteiger charge is 2.19. The lowest BCUT2D eigenvalue weighted by Gasteiger charge is -2.08. The molecular weight excluding hydrogens is 321 g/mol. The van der Waals surface area contributed by atoms with E-state index in [0.29, 0.717) is 21.4 Å². The second kappa shape index (κ2) is 5.88. The molecule has 0 spiro atoms. The van der Waals surface area contributed by atoms with Crippen molar-refractivity contribution in [2.45, 2.75) is 26.4 Å². The molecule has 1 aromatic carbocycles. The van der Waals surface area contributed by atoms with Crippen molar-refractivity contribution < 1.29 is 5.11 Å². The van der Waals surface area contributed by atoms with Crippen molar-refractivity contribution >= 4 is 28.8 Å². The van der Waals surface area contributed by atoms with Crippen LogP contribution in [0.1, 0.15) is 31.3 Å². The van der Waals surface area contributed by atoms with Crippen molar-refractivity contribution in [3.05, 3.63) is 52.0 Å². The Labute approximate surface area is 138 Å². The van der Waals surface area contributed by atoms with E-state index >= 15 is 0 Å². The van der Waals surface area contributed by atoms with Crippen LogP contribution in [0.15, 0.2) is 30.6 Å². The topological polar surface area (TPSA) is 50.4 Å². The Morgan fingerprint density at radius 3 is 2.73 bits per heavy atom. The fourth-order valence-corrected chi connectivity index (χ4v) is 3.11. The molecule has 1 unspecified atom stereocenters. The summed E-state index contributed by atoms with van der Waals surface area (Å²) in [7, 11) is 0. The highest BCUT2D eigenvalue weighted by atomic mass is 35.5. The zero-order valence-corrected chi connectivity index (χ0v) is 13.7. The molecule has 3 aromatic rings. The molecule has 2 aromatic heterocycles. The van der Waals surface area contributed by atoms with Crippen molar-refractivity contribution in [2.75, 3.05) is 0 Å². The van der Waals surface area contributed by atoms with E-state index in [-0.39, 0.29) is 0 Å². The predicted octanol–water partition coefficient (Wildman–Crippen LogP) is 4.32. The van der Waals surface area contributed by atoms with Gasteiger partial charge in [0.1, 0.15) is 5.69 Å². The fraction of sp³-hybridized carbons (Fsp3) is 0.250. The summed E-state index contributed by atoms with van der Waals surface area (Å²) in [5.74, 6) is 0. The summed E-state index contributed by atoms with van der Waals surface area (Å²) in [6.07, 6.45) is 3.60. The average molecular weight is 336 g/mol. The van der Waals surface area contributed by atoms with Crippen LogP contribution < -0.4 is 0 Å². The molecule has 114 valence electrons. The largest absolute Gasteiger partial charge is 0.387 e. The van der Waals surface area contributed by atoms with Gasteiger partial charge in [-0.25, -0.2) is 4.98 Å². The second-order valence-electron chi connectivity index (χ2n) is 5.07. The number of hydrogen-bond donors (Lipinski definition) is 1. The van der Waals surface area contributed by atoms with E-state index in [2.05, 4.69) is 9.97 Å². The lowest BCUT2D eigenvalue weighted by Crippen LogP contribution is -2.01. The highest BCUT2D eigenvalue weighted by molar-refractivity contribution is 6.36. The number of benzene rings is 1. The van der Waals surface area contributed by atoms with E-state index in [1.54, 1.807) is 31.5 Å². The van der Waals surface area contributed by atoms with Crippen molar-refractivity contribution in [3.8, 4) is 11.3 Å². The highest BCUT2D eigenvalue weighted by Crippen LogP contribution is 2.32. The maximum absolute atomic E-state index is 10.1. The van der Waals surface area contributed by atoms with E-state index in [1.807, 2.05) is 17.4 Å². The molecule has 0 radical (unpaired) electrons. The van der Waals surface area contributed by atoms with Crippen molar-refractivity contribution in [1.29, 1.82) is 0 Å². The Hall–Kier alpha value is -1.62. The summed E-state index contributed by atoms with van der Waals surface area (Å²) >= 11 is 12.3. The van der Waals surface area contributed by atoms with E-state index in [9.17, 15) is 5.11 Å². The fourth-order valence-electron chi connectivity index (χ4n) is 2.62. The number of aliphatic hydroxyl groups excluding tert-OH is 1. The van der Waals surface area contributed by atoms with Gasteiger partial charge in [-0.1, -0.05) is 30.1 Å². The molecule has 6 heteroatoms. The molecule has 0 saturated heterocycles. The SMILES string of the molecule is CCc1nc2c(-c3ccc(Cl)cc3Cl)nccn2c1C(C)O. The summed E-state index contributed by atoms with van der Waals surface area (Å²) in [6, 6.07) is 5.28. The van der Waals surface area contributed by atoms with Gasteiger partial charge < -0.3 is 5.11 Å². The zero-order chi connectivity index (χ0) is 15.9. The van der Waals surface area contributed by atoms with E-state index in [4.69, 9.17) is 23.2 Å². The Balaban J connectivity index is 2.32. The monoisotopic (exact) mass is 335 g/mol. The van der Waals surface area contributed by atoms with Gasteiger partial charge in [-0.3, -0.25) is 9.38 Å². The van der Waals surface area contributed by atoms with Gasteiger partial charge >= 0.3 is 0 Å². The number of hydrogen-bond acceptors (Lipinski definition) is 3. The molecule has 0 bridgehead atoms. The van der Waals surface area contributed by atoms with Crippen LogP contribution in [0, 0.1) is 0 Å². The number of imidazole rings is 1. The minimum Gasteiger partial charge on any atom is -0.387 e. The quantitative estimate of drug-likeness (QED) is 0.775. The Morgan fingerprint density at radius 1 is 1.32 bits per heavy atom. The van der Waals surface area contributed by atoms with E-state index in [1.165, 1.54) is 0 Å². The van der Waals surface area contributed by atoms with Gasteiger partial charge in [-0.15, -0.1) is 0 Å². The summed E-state index contributed by atoms with van der Waals surface area (Å²) in [5, 5.41) is 11.1. The molecule has 1 N–H and O–H groups in total. The van der Waals surface area contributed by atoms with Crippen molar-refractivity contribution in [1.82, 2.24) is 14.4 Å². The number of halogens is 2. The molecule has 0 fully saturated rings. The Morgan fingerprint density at radius 2 is 2.09 bits per heavy atom. The van der Waals surface area contributed by atoms with E-state index in [0.717, 1.165) is 23.4 Å². The first-order valence-electron chi connectivity index (χ1n) is 7.02. The van der Waals surface area contributed by atoms with Gasteiger partial charge in [0, 0.05) is 23.0 Å². The van der Waals surface area contributed by atoms with Crippen LogP contribution in [-0.2, 0) is 6.42 Å². The zero-order valence-electron chi connectivity index (χ0n) is 12.2. The molecule has 3 rings (SSSR count). The normalized spacial score (nSPS) is 12.8. The van der Waals surface area contributed by atoms with Gasteiger partial charge in [0.05, 0.1) is 22.5 Å². The molecule has 0 aliphatic carbocycles. The van der Waals surface area contributed by atoms with Crippen LogP contribution in [0.25, 0.3) is 16.9 Å². The van der Waals surface area contributed by atoms with E-state index < -0.39 is 6.10 Å². The van der Waals surface area contributed by atoms with Gasteiger partial charge in [0.25, 0.3) is 0 Å². The number of aromatic nitrogens is 3. The summed E-state index contributed by atoms with van der Waals surface area (Å²) in [4.78, 5) is 9.06. The Bertz CT molecular complexity index is 843. The molecule has 0 amide bonds. The predicted molar refractivity (Wildman–Crippen MR) is 88.5 cm³/mol. The molecule has 2 heterocycles. The minimum absolute atomic E-state index is 0.521. The van der Waals surface area contributed by atoms with Crippen molar-refractivity contribution in [2.24, 2.45) is 0 Å². The van der Waals surface area contributed by atoms with Gasteiger partial charge in [-0.2, -0.15) is 0 Å². The second-order valence-corrected chi connectivity index (χ2v) is 5.91. The lowest BCUT2D eigenvalue weighted by atomic mass is 10.1. The van der Waals surface area contributed by atoms with Crippen LogP contribution in [0.2, 0.25) is 10.0 Å². The average Bonchev–Trinajstić information content (AvgIpc) is 2.86. The Kier molecular flexibility index (Phi) is 4.08. The van der Waals surface area contributed by atoms with Crippen LogP contribution >= 0.6 is 23.2 Å². The summed E-state index contributed by atoms with van der Waals surface area (Å²) in [5.41, 5.74) is 3.76. The maximum Gasteiger partial charge on any atom is 0.164 e. The molecule has 0 aliphatic heterocycles. The smallest absolute Gasteiger partial charge is 0.164 e. The molecule has 0 saturated carbocycles. The van der Waals surface area contributed by atoms with Crippen LogP contribution in [-0.4, -0.2) is 19.5 Å². The molecule has 1 atom stereocenters. The minimum atomic E-state index is -0.610. The molecular formula is C16H15Cl2N3O. The third-order valence-electron chi connectivity index (χ3n) is 3.57. The van der Waals surface area contributed by atoms with Gasteiger partial charge in [0.15, 0.2) is 5.65 Å². The van der Waals surface area contributed by atoms with Gasteiger partial charge in [-0.05, 0) is 31.5 Å². The molecule has 4 nitrogen and oxygen atoms in total. The lowest BCUT2D eigenvalue weighted by molar-refractivity contribution is 0.192. The number of aryl methyl sites for hydroxylation is 1. The molecule has 0 aliphatic rings. The first-order valence-corrected chi connectivity index (χ1v) is 7.77. The standard InChI is InChI=1S/C16H15Cl2N3O/c1-3-13-15(9(2)22)21-7-6-19-14(16(21)20-13)11-5-4-10(17)8-12(11)18/h4-9,22H,3H2,1-2H3. The number of rotatable bonds is 3. The third-order valence-corrected chi connectivity index (χ3v) is 4.12. The van der Waals surface area contributed by atoms with Crippen LogP contribution in [0.3, 0.4) is 0 Å². The van der Waals surface area contributed by atoms with Crippen LogP contribution in [0.4, 0.5) is 0 Å². The van der Waals surface area contributed by atoms with Crippen LogP contribution in [0.5, 0.6) is 0 Å². The summed E-state index contributed by atoms with van der Waals surface area (Å²) in [6.45, 7) is 3.74.